The monoisotopic (exact) mass is 504 g/mol. The van der Waals surface area contributed by atoms with Gasteiger partial charge in [0.1, 0.15) is 5.75 Å². The van der Waals surface area contributed by atoms with Gasteiger partial charge in [-0.1, -0.05) is 71.7 Å². The van der Waals surface area contributed by atoms with Crippen molar-refractivity contribution in [2.24, 2.45) is 0 Å². The molecule has 0 atom stereocenters. The molecule has 0 bridgehead atoms. The van der Waals surface area contributed by atoms with Gasteiger partial charge >= 0.3 is 0 Å². The molecule has 176 valence electrons. The molecule has 1 aromatic heterocycles. The van der Waals surface area contributed by atoms with Gasteiger partial charge in [0, 0.05) is 42.3 Å². The summed E-state index contributed by atoms with van der Waals surface area (Å²) in [5, 5.41) is 0.918. The van der Waals surface area contributed by atoms with E-state index in [1.165, 1.54) is 22.3 Å². The molecule has 0 N–H and O–H groups in total. The standard InChI is InChI=1S/C28H22Cl2N2O3/c29-18-15-19(30)17-20(16-18)34-26-10-9-25(35-26)28(33)32-13-11-31(12-14-32)27-23-7-3-1-5-21(23)22-6-2-4-8-24(22)27/h1-10,15-17,27H,11-14H2. The number of rotatable bonds is 4. The van der Waals surface area contributed by atoms with Crippen molar-refractivity contribution in [1.29, 1.82) is 0 Å². The maximum Gasteiger partial charge on any atom is 0.290 e. The van der Waals surface area contributed by atoms with Crippen LogP contribution in [0.15, 0.2) is 83.3 Å². The van der Waals surface area contributed by atoms with Crippen LogP contribution in [0.4, 0.5) is 0 Å². The number of hydrogen-bond acceptors (Lipinski definition) is 4. The molecular formula is C28H22Cl2N2O3. The number of halogens is 2. The molecule has 0 radical (unpaired) electrons. The molecule has 0 unspecified atom stereocenters. The molecule has 7 heteroatoms. The maximum absolute atomic E-state index is 13.1. The van der Waals surface area contributed by atoms with Crippen molar-refractivity contribution < 1.29 is 13.9 Å². The average molecular weight is 505 g/mol. The van der Waals surface area contributed by atoms with Crippen LogP contribution in [-0.2, 0) is 0 Å². The SMILES string of the molecule is O=C(c1ccc(Oc2cc(Cl)cc(Cl)c2)o1)N1CCN(C2c3ccccc3-c3ccccc32)CC1. The van der Waals surface area contributed by atoms with E-state index in [9.17, 15) is 4.79 Å². The Bertz CT molecular complexity index is 1340. The largest absolute Gasteiger partial charge is 0.426 e. The first-order valence-corrected chi connectivity index (χ1v) is 12.3. The lowest BCUT2D eigenvalue weighted by Gasteiger charge is -2.38. The lowest BCUT2D eigenvalue weighted by atomic mass is 10.0. The topological polar surface area (TPSA) is 45.9 Å². The highest BCUT2D eigenvalue weighted by molar-refractivity contribution is 6.34. The van der Waals surface area contributed by atoms with E-state index in [4.69, 9.17) is 32.4 Å². The Morgan fingerprint density at radius 2 is 1.40 bits per heavy atom. The summed E-state index contributed by atoms with van der Waals surface area (Å²) in [6, 6.07) is 25.6. The summed E-state index contributed by atoms with van der Waals surface area (Å²) < 4.78 is 11.4. The number of furan rings is 1. The van der Waals surface area contributed by atoms with Crippen LogP contribution in [-0.4, -0.2) is 41.9 Å². The van der Waals surface area contributed by atoms with Crippen LogP contribution in [0.5, 0.6) is 11.7 Å². The fourth-order valence-electron chi connectivity index (χ4n) is 5.05. The van der Waals surface area contributed by atoms with E-state index in [1.54, 1.807) is 30.3 Å². The Kier molecular flexibility index (Phi) is 5.77. The number of hydrogen-bond donors (Lipinski definition) is 0. The molecule has 5 nitrogen and oxygen atoms in total. The van der Waals surface area contributed by atoms with Gasteiger partial charge in [0.15, 0.2) is 5.76 Å². The lowest BCUT2D eigenvalue weighted by molar-refractivity contribution is 0.0566. The van der Waals surface area contributed by atoms with Crippen LogP contribution in [0.1, 0.15) is 27.7 Å². The third-order valence-electron chi connectivity index (χ3n) is 6.61. The number of carbonyl (C=O) groups is 1. The van der Waals surface area contributed by atoms with Crippen molar-refractivity contribution in [2.45, 2.75) is 6.04 Å². The molecule has 1 aliphatic carbocycles. The van der Waals surface area contributed by atoms with Crippen molar-refractivity contribution in [3.63, 3.8) is 0 Å². The minimum atomic E-state index is -0.143. The summed E-state index contributed by atoms with van der Waals surface area (Å²) >= 11 is 12.1. The van der Waals surface area contributed by atoms with Gasteiger partial charge in [-0.2, -0.15) is 0 Å². The quantitative estimate of drug-likeness (QED) is 0.303. The second-order valence-electron chi connectivity index (χ2n) is 8.73. The van der Waals surface area contributed by atoms with Crippen LogP contribution in [0.2, 0.25) is 10.0 Å². The highest BCUT2D eigenvalue weighted by Crippen LogP contribution is 2.46. The van der Waals surface area contributed by atoms with Crippen LogP contribution < -0.4 is 4.74 Å². The zero-order valence-corrected chi connectivity index (χ0v) is 20.3. The zero-order valence-electron chi connectivity index (χ0n) is 18.8. The smallest absolute Gasteiger partial charge is 0.290 e. The van der Waals surface area contributed by atoms with Gasteiger partial charge in [-0.3, -0.25) is 9.69 Å². The second-order valence-corrected chi connectivity index (χ2v) is 9.60. The van der Waals surface area contributed by atoms with Crippen LogP contribution in [0, 0.1) is 0 Å². The molecule has 1 aliphatic heterocycles. The van der Waals surface area contributed by atoms with Crippen molar-refractivity contribution in [1.82, 2.24) is 9.80 Å². The van der Waals surface area contributed by atoms with Crippen molar-refractivity contribution in [3.05, 3.63) is 106 Å². The molecule has 2 heterocycles. The normalized spacial score (nSPS) is 15.7. The third kappa shape index (κ3) is 4.20. The molecular weight excluding hydrogens is 483 g/mol. The van der Waals surface area contributed by atoms with E-state index >= 15 is 0 Å². The zero-order chi connectivity index (χ0) is 23.9. The Morgan fingerprint density at radius 3 is 2.03 bits per heavy atom. The highest BCUT2D eigenvalue weighted by Gasteiger charge is 2.35. The third-order valence-corrected chi connectivity index (χ3v) is 7.05. The van der Waals surface area contributed by atoms with Crippen molar-refractivity contribution in [3.8, 4) is 22.8 Å². The molecule has 35 heavy (non-hydrogen) atoms. The average Bonchev–Trinajstić information content (AvgIpc) is 3.46. The fourth-order valence-corrected chi connectivity index (χ4v) is 5.56. The molecule has 0 saturated carbocycles. The Morgan fingerprint density at radius 1 is 0.800 bits per heavy atom. The highest BCUT2D eigenvalue weighted by atomic mass is 35.5. The van der Waals surface area contributed by atoms with Gasteiger partial charge in [0.05, 0.1) is 6.04 Å². The van der Waals surface area contributed by atoms with Gasteiger partial charge in [-0.05, 0) is 46.5 Å². The van der Waals surface area contributed by atoms with E-state index in [0.717, 1.165) is 13.1 Å². The summed E-state index contributed by atoms with van der Waals surface area (Å²) in [6.45, 7) is 2.81. The Labute approximate surface area is 213 Å². The number of fused-ring (bicyclic) bond motifs is 3. The van der Waals surface area contributed by atoms with E-state index in [-0.39, 0.29) is 23.7 Å². The first-order valence-electron chi connectivity index (χ1n) is 11.5. The number of amides is 1. The van der Waals surface area contributed by atoms with Gasteiger partial charge in [-0.25, -0.2) is 0 Å². The number of ether oxygens (including phenoxy) is 1. The van der Waals surface area contributed by atoms with E-state index in [1.807, 2.05) is 4.90 Å². The number of carbonyl (C=O) groups excluding carboxylic acids is 1. The molecule has 6 rings (SSSR count). The first-order chi connectivity index (χ1) is 17.1. The summed E-state index contributed by atoms with van der Waals surface area (Å²) in [5.74, 6) is 0.764. The molecule has 4 aromatic rings. The van der Waals surface area contributed by atoms with Crippen LogP contribution in [0.3, 0.4) is 0 Å². The molecule has 1 saturated heterocycles. The lowest BCUT2D eigenvalue weighted by Crippen LogP contribution is -2.49. The molecule has 3 aromatic carbocycles. The summed E-state index contributed by atoms with van der Waals surface area (Å²) in [4.78, 5) is 17.4. The van der Waals surface area contributed by atoms with E-state index in [2.05, 4.69) is 53.4 Å². The number of nitrogens with zero attached hydrogens (tertiary/aromatic N) is 2. The molecule has 1 amide bonds. The number of benzene rings is 3. The molecule has 2 aliphatic rings. The molecule has 1 fully saturated rings. The van der Waals surface area contributed by atoms with Gasteiger partial charge in [0.2, 0.25) is 0 Å². The minimum Gasteiger partial charge on any atom is -0.426 e. The maximum atomic E-state index is 13.1. The van der Waals surface area contributed by atoms with Gasteiger partial charge in [-0.15, -0.1) is 0 Å². The Hall–Kier alpha value is -3.25. The minimum absolute atomic E-state index is 0.143. The van der Waals surface area contributed by atoms with Crippen molar-refractivity contribution >= 4 is 29.1 Å². The fraction of sp³-hybridized carbons (Fsp3) is 0.179. The summed E-state index contributed by atoms with van der Waals surface area (Å²) in [7, 11) is 0. The van der Waals surface area contributed by atoms with Crippen LogP contribution in [0.25, 0.3) is 11.1 Å². The van der Waals surface area contributed by atoms with Gasteiger partial charge < -0.3 is 14.1 Å². The summed E-state index contributed by atoms with van der Waals surface area (Å²) in [5.41, 5.74) is 5.27. The van der Waals surface area contributed by atoms with Gasteiger partial charge in [0.25, 0.3) is 11.9 Å². The summed E-state index contributed by atoms with van der Waals surface area (Å²) in [6.07, 6.45) is 0. The van der Waals surface area contributed by atoms with Crippen molar-refractivity contribution in [2.75, 3.05) is 26.2 Å². The molecule has 0 spiro atoms. The Balaban J connectivity index is 1.14. The predicted molar refractivity (Wildman–Crippen MR) is 136 cm³/mol. The number of piperazine rings is 1. The predicted octanol–water partition coefficient (Wildman–Crippen LogP) is 6.91. The first kappa shape index (κ1) is 22.2. The second kappa shape index (κ2) is 9.08. The van der Waals surface area contributed by atoms with E-state index in [0.29, 0.717) is 28.9 Å². The van der Waals surface area contributed by atoms with Crippen LogP contribution >= 0.6 is 23.2 Å². The van der Waals surface area contributed by atoms with E-state index < -0.39 is 0 Å².